The zero-order valence-electron chi connectivity index (χ0n) is 67.2. The Bertz CT molecular complexity index is 5870. The van der Waals surface area contributed by atoms with E-state index < -0.39 is 0 Å². The molecule has 0 fully saturated rings. The number of hydrogen-bond acceptors (Lipinski definition) is 19. The van der Waals surface area contributed by atoms with Crippen LogP contribution in [0.25, 0.3) is 0 Å². The lowest BCUT2D eigenvalue weighted by atomic mass is 10.2. The van der Waals surface area contributed by atoms with E-state index in [9.17, 15) is 46.3 Å². The van der Waals surface area contributed by atoms with Crippen LogP contribution >= 0.6 is 39.1 Å². The molecule has 0 aliphatic heterocycles. The number of nitrogens with zero attached hydrogens (tertiary/aromatic N) is 7. The number of anilines is 12. The average molecular weight is 1780 g/mol. The second-order valence-electron chi connectivity index (χ2n) is 26.4. The van der Waals surface area contributed by atoms with Crippen LogP contribution in [0.5, 0.6) is 0 Å². The van der Waals surface area contributed by atoms with Gasteiger partial charge in [-0.2, -0.15) is 31.6 Å². The second kappa shape index (κ2) is 50.7. The van der Waals surface area contributed by atoms with Gasteiger partial charge in [-0.1, -0.05) is 39.1 Å². The second-order valence-corrected chi connectivity index (χ2v) is 28.1. The van der Waals surface area contributed by atoms with Crippen LogP contribution in [0.15, 0.2) is 259 Å². The summed E-state index contributed by atoms with van der Waals surface area (Å²) < 4.78 is 52.8. The van der Waals surface area contributed by atoms with Crippen molar-refractivity contribution >= 4 is 143 Å². The summed E-state index contributed by atoms with van der Waals surface area (Å²) in [6, 6.07) is 78.2. The van der Waals surface area contributed by atoms with Gasteiger partial charge in [0.25, 0.3) is 0 Å². The van der Waals surface area contributed by atoms with E-state index in [2.05, 4.69) is 84.7 Å². The zero-order chi connectivity index (χ0) is 90.6. The predicted octanol–water partition coefficient (Wildman–Crippen LogP) is 18.9. The molecular weight excluding hydrogens is 1710 g/mol. The summed E-state index contributed by atoms with van der Waals surface area (Å²) >= 11 is 15.1. The molecule has 0 atom stereocenters. The number of hydrogen-bond donors (Lipinski definition) is 12. The van der Waals surface area contributed by atoms with Crippen molar-refractivity contribution in [2.24, 2.45) is 0 Å². The van der Waals surface area contributed by atoms with Gasteiger partial charge in [0, 0.05) is 78.3 Å². The first kappa shape index (κ1) is 96.0. The number of pyridine rings is 1. The van der Waals surface area contributed by atoms with E-state index in [0.29, 0.717) is 106 Å². The fourth-order valence-electron chi connectivity index (χ4n) is 10.3. The van der Waals surface area contributed by atoms with Crippen LogP contribution < -0.4 is 63.8 Å². The lowest BCUT2D eigenvalue weighted by Gasteiger charge is -2.10. The molecule has 1 heterocycles. The Morgan fingerprint density at radius 2 is 0.648 bits per heavy atom. The first-order chi connectivity index (χ1) is 60.1. The summed E-state index contributed by atoms with van der Waals surface area (Å²) in [5, 5.41) is 87.1. The highest BCUT2D eigenvalue weighted by Crippen LogP contribution is 2.25. The molecule has 12 N–H and O–H groups in total. The van der Waals surface area contributed by atoms with Crippen molar-refractivity contribution in [2.75, 3.05) is 103 Å². The number of rotatable bonds is 24. The lowest BCUT2D eigenvalue weighted by molar-refractivity contribution is -0.115. The molecule has 0 unspecified atom stereocenters. The molecule has 0 aliphatic carbocycles. The highest BCUT2D eigenvalue weighted by Gasteiger charge is 2.13. The number of nitriles is 6. The topological polar surface area (TPSA) is 402 Å². The van der Waals surface area contributed by atoms with Crippen molar-refractivity contribution in [1.82, 2.24) is 4.98 Å². The minimum Gasteiger partial charge on any atom is -0.376 e. The molecule has 0 saturated heterocycles. The van der Waals surface area contributed by atoms with Gasteiger partial charge in [-0.25, -0.2) is 22.5 Å². The van der Waals surface area contributed by atoms with E-state index in [-0.39, 0.29) is 98.0 Å². The van der Waals surface area contributed by atoms with Gasteiger partial charge >= 0.3 is 0 Å². The number of aryl methyl sites for hydroxylation is 4. The van der Waals surface area contributed by atoms with Crippen LogP contribution in [0.1, 0.15) is 55.6 Å². The molecule has 6 amide bonds. The minimum atomic E-state index is -0.332. The smallest absolute Gasteiger partial charge is 0.243 e. The quantitative estimate of drug-likeness (QED) is 0.0250. The highest BCUT2D eigenvalue weighted by molar-refractivity contribution is 9.10. The van der Waals surface area contributed by atoms with Crippen molar-refractivity contribution in [1.29, 1.82) is 31.6 Å². The van der Waals surface area contributed by atoms with Gasteiger partial charge in [0.1, 0.15) is 41.2 Å². The van der Waals surface area contributed by atoms with Crippen LogP contribution in [0.3, 0.4) is 0 Å². The third-order valence-electron chi connectivity index (χ3n) is 16.8. The zero-order valence-corrected chi connectivity index (χ0v) is 70.3. The maximum Gasteiger partial charge on any atom is 0.243 e. The van der Waals surface area contributed by atoms with Crippen LogP contribution in [-0.4, -0.2) is 79.7 Å². The van der Waals surface area contributed by atoms with Gasteiger partial charge in [-0.3, -0.25) is 28.8 Å². The SMILES string of the molecule is Cc1cc(F)ccc1NC(=O)CNc1ccc(C#N)cc1.Cc1cc(F)ccc1NCC(=O)Nc1ccc(C#N)cc1.Cc1cc(NC(=O)CNc2ccc(C#N)cn2)ccc1F.Cc1cc(NCC(=O)Nc2ccc(C#N)c(Cl)c2)ccc1Br.N#Cc1ccc(NC(=O)CNc2ccc(Cl)cc2)cc1.N#Cc1ccc(NC(=O)CNc2ccc(F)cc2)cc1. The van der Waals surface area contributed by atoms with Gasteiger partial charge in [0.2, 0.25) is 35.4 Å². The van der Waals surface area contributed by atoms with E-state index in [4.69, 9.17) is 54.8 Å². The maximum atomic E-state index is 13.1. The summed E-state index contributed by atoms with van der Waals surface area (Å²) in [7, 11) is 0. The molecule has 0 saturated carbocycles. The summed E-state index contributed by atoms with van der Waals surface area (Å²) in [6.07, 6.45) is 1.42. The number of halogens is 7. The molecule has 0 aliphatic rings. The standard InChI is InChI=1S/C16H13BrClN3O.2C16H14FN3O.C15H12ClN3O.C15H13FN4O.C15H12FN3O/c1-10-6-12(4-5-14(10)17)20-9-16(22)21-13-3-2-11(8-19)15(18)7-13;1-11-8-13(17)4-7-15(11)19-10-16(21)20-14-5-2-12(9-18)3-6-14;1-11-8-13(17)4-7-15(11)20-16(21)10-19-14-5-2-12(9-18)3-6-14;16-12-3-7-13(8-4-12)18-10-15(20)19-14-5-1-11(9-17)2-6-14;1-10-6-12(3-4-13(10)16)20-15(21)9-19-14-5-2-11(7-17)8-18-14;16-12-3-7-13(8-4-12)18-10-15(20)19-14-5-1-11(9-17)2-6-14/h2-7,20H,9H2,1H3,(H,21,22);2*2-8,19H,10H2,1H3,(H,20,21);1-8,18H,10H2,(H,19,20);2-6,8H,9H2,1H3,(H,18,19)(H,20,21);1-8,18H,10H2,(H,19,20). The van der Waals surface area contributed by atoms with Crippen LogP contribution in [0.4, 0.5) is 85.9 Å². The Morgan fingerprint density at radius 1 is 0.312 bits per heavy atom. The van der Waals surface area contributed by atoms with Crippen molar-refractivity contribution in [3.8, 4) is 36.4 Å². The number of carbonyl (C=O) groups is 6. The summed E-state index contributed by atoms with van der Waals surface area (Å²) in [6.45, 7) is 7.66. The molecule has 12 aromatic rings. The molecule has 11 aromatic carbocycles. The average Bonchev–Trinajstić information content (AvgIpc) is 0.866. The molecule has 25 nitrogen and oxygen atoms in total. The van der Waals surface area contributed by atoms with Crippen molar-refractivity contribution in [3.63, 3.8) is 0 Å². The van der Waals surface area contributed by atoms with Crippen LogP contribution in [-0.2, 0) is 28.8 Å². The van der Waals surface area contributed by atoms with Crippen molar-refractivity contribution in [3.05, 3.63) is 348 Å². The maximum absolute atomic E-state index is 13.1. The fourth-order valence-corrected chi connectivity index (χ4v) is 10.9. The van der Waals surface area contributed by atoms with Gasteiger partial charge in [-0.15, -0.1) is 0 Å². The van der Waals surface area contributed by atoms with Gasteiger partial charge < -0.3 is 63.8 Å². The van der Waals surface area contributed by atoms with Gasteiger partial charge in [-0.05, 0) is 299 Å². The predicted molar refractivity (Wildman–Crippen MR) is 483 cm³/mol. The van der Waals surface area contributed by atoms with Crippen molar-refractivity contribution in [2.45, 2.75) is 27.7 Å². The summed E-state index contributed by atoms with van der Waals surface area (Å²) in [4.78, 5) is 74.7. The third-order valence-corrected chi connectivity index (χ3v) is 18.2. The molecule has 1 aromatic heterocycles. The van der Waals surface area contributed by atoms with E-state index in [0.717, 1.165) is 32.7 Å². The molecule has 32 heteroatoms. The molecule has 0 radical (unpaired) electrons. The molecule has 12 rings (SSSR count). The fraction of sp³-hybridized carbons (Fsp3) is 0.108. The van der Waals surface area contributed by atoms with E-state index in [1.165, 1.54) is 60.8 Å². The Hall–Kier alpha value is -16.1. The summed E-state index contributed by atoms with van der Waals surface area (Å²) in [5.74, 6) is -2.07. The summed E-state index contributed by atoms with van der Waals surface area (Å²) in [5.41, 5.74) is 13.4. The minimum absolute atomic E-state index is 0.0231. The Morgan fingerprint density at radius 3 is 1.05 bits per heavy atom. The first-order valence-corrected chi connectivity index (χ1v) is 39.0. The van der Waals surface area contributed by atoms with Crippen LogP contribution in [0.2, 0.25) is 10.0 Å². The Kier molecular flexibility index (Phi) is 39.0. The Balaban J connectivity index is 0.000000206. The number of carbonyl (C=O) groups excluding carboxylic acids is 6. The molecular formula is C93H78BrCl2F4N19O6. The molecule has 125 heavy (non-hydrogen) atoms. The molecule has 0 spiro atoms. The molecule has 0 bridgehead atoms. The highest BCUT2D eigenvalue weighted by atomic mass is 79.9. The van der Waals surface area contributed by atoms with Crippen molar-refractivity contribution < 1.29 is 46.3 Å². The largest absolute Gasteiger partial charge is 0.376 e. The van der Waals surface area contributed by atoms with Gasteiger partial charge in [0.15, 0.2) is 0 Å². The third kappa shape index (κ3) is 35.4. The van der Waals surface area contributed by atoms with Crippen LogP contribution in [0, 0.1) is 119 Å². The Labute approximate surface area is 736 Å². The number of amides is 6. The number of benzene rings is 11. The molecule has 630 valence electrons. The first-order valence-electron chi connectivity index (χ1n) is 37.4. The van der Waals surface area contributed by atoms with E-state index in [1.807, 2.05) is 61.5 Å². The number of nitrogens with one attached hydrogen (secondary N) is 12. The number of aromatic nitrogens is 1. The monoisotopic (exact) mass is 1780 g/mol. The normalized spacial score (nSPS) is 9.74. The van der Waals surface area contributed by atoms with E-state index >= 15 is 0 Å². The van der Waals surface area contributed by atoms with Gasteiger partial charge in [0.05, 0.1) is 102 Å². The van der Waals surface area contributed by atoms with E-state index in [1.54, 1.807) is 197 Å². The lowest BCUT2D eigenvalue weighted by Crippen LogP contribution is -2.22.